The van der Waals surface area contributed by atoms with Crippen LogP contribution in [-0.4, -0.2) is 30.1 Å². The number of hydrogen-bond acceptors (Lipinski definition) is 5. The normalized spacial score (nSPS) is 9.93. The molecule has 3 N–H and O–H groups in total. The molecule has 2 aromatic rings. The predicted octanol–water partition coefficient (Wildman–Crippen LogP) is 2.04. The number of carbonyl (C=O) groups excluding carboxylic acids is 2. The van der Waals surface area contributed by atoms with Crippen LogP contribution in [0.25, 0.3) is 0 Å². The van der Waals surface area contributed by atoms with Crippen LogP contribution in [0.3, 0.4) is 0 Å². The van der Waals surface area contributed by atoms with Gasteiger partial charge in [0.25, 0.3) is 11.8 Å². The van der Waals surface area contributed by atoms with E-state index in [0.717, 1.165) is 12.0 Å². The van der Waals surface area contributed by atoms with Gasteiger partial charge in [0.05, 0.1) is 0 Å². The third-order valence-corrected chi connectivity index (χ3v) is 3.83. The van der Waals surface area contributed by atoms with Gasteiger partial charge in [-0.1, -0.05) is 31.2 Å². The highest BCUT2D eigenvalue weighted by atomic mass is 32.1. The number of hydrazine groups is 1. The Morgan fingerprint density at radius 2 is 1.61 bits per heavy atom. The third-order valence-electron chi connectivity index (χ3n) is 3.63. The zero-order valence-corrected chi connectivity index (χ0v) is 16.6. The summed E-state index contributed by atoms with van der Waals surface area (Å²) >= 11 is 4.95. The average molecular weight is 401 g/mol. The molecule has 28 heavy (non-hydrogen) atoms. The second-order valence-electron chi connectivity index (χ2n) is 5.94. The largest absolute Gasteiger partial charge is 0.484 e. The van der Waals surface area contributed by atoms with Crippen molar-refractivity contribution in [3.05, 3.63) is 59.7 Å². The number of benzene rings is 2. The molecule has 7 nitrogen and oxygen atoms in total. The Morgan fingerprint density at radius 1 is 0.929 bits per heavy atom. The van der Waals surface area contributed by atoms with Crippen LogP contribution in [-0.2, 0) is 16.0 Å². The van der Waals surface area contributed by atoms with Crippen LogP contribution in [0, 0.1) is 6.92 Å². The quantitative estimate of drug-likeness (QED) is 0.486. The van der Waals surface area contributed by atoms with E-state index in [1.807, 2.05) is 37.3 Å². The monoisotopic (exact) mass is 401 g/mol. The Balaban J connectivity index is 1.63. The number of carbonyl (C=O) groups is 2. The Kier molecular flexibility index (Phi) is 8.23. The van der Waals surface area contributed by atoms with E-state index in [2.05, 4.69) is 23.1 Å². The first-order valence-electron chi connectivity index (χ1n) is 8.76. The molecule has 2 amide bonds. The highest BCUT2D eigenvalue weighted by molar-refractivity contribution is 7.80. The zero-order chi connectivity index (χ0) is 20.4. The topological polar surface area (TPSA) is 88.7 Å². The highest BCUT2D eigenvalue weighted by Gasteiger charge is 2.08. The molecule has 0 unspecified atom stereocenters. The van der Waals surface area contributed by atoms with Crippen molar-refractivity contribution >= 4 is 29.1 Å². The summed E-state index contributed by atoms with van der Waals surface area (Å²) in [5.74, 6) is 0.302. The number of rotatable bonds is 7. The third kappa shape index (κ3) is 7.63. The summed E-state index contributed by atoms with van der Waals surface area (Å²) in [6.07, 6.45) is 0.933. The molecule has 0 radical (unpaired) electrons. The molecule has 0 saturated carbocycles. The number of nitrogens with one attached hydrogen (secondary N) is 3. The lowest BCUT2D eigenvalue weighted by atomic mass is 10.2. The van der Waals surface area contributed by atoms with Crippen LogP contribution in [0.1, 0.15) is 18.1 Å². The number of hydrogen-bond donors (Lipinski definition) is 3. The van der Waals surface area contributed by atoms with E-state index < -0.39 is 11.8 Å². The highest BCUT2D eigenvalue weighted by Crippen LogP contribution is 2.12. The zero-order valence-electron chi connectivity index (χ0n) is 15.8. The van der Waals surface area contributed by atoms with E-state index in [1.54, 1.807) is 18.2 Å². The molecule has 0 heterocycles. The second-order valence-corrected chi connectivity index (χ2v) is 6.35. The van der Waals surface area contributed by atoms with Gasteiger partial charge in [0, 0.05) is 0 Å². The van der Waals surface area contributed by atoms with E-state index in [4.69, 9.17) is 21.7 Å². The number of aryl methyl sites for hydroxylation is 2. The molecule has 0 fully saturated rings. The van der Waals surface area contributed by atoms with Gasteiger partial charge < -0.3 is 9.47 Å². The van der Waals surface area contributed by atoms with Gasteiger partial charge in [-0.2, -0.15) is 0 Å². The molecule has 0 saturated heterocycles. The molecule has 148 valence electrons. The fourth-order valence-corrected chi connectivity index (χ4v) is 2.35. The van der Waals surface area contributed by atoms with Crippen LogP contribution in [0.15, 0.2) is 48.5 Å². The van der Waals surface area contributed by atoms with Crippen molar-refractivity contribution in [1.82, 2.24) is 16.2 Å². The van der Waals surface area contributed by atoms with Crippen molar-refractivity contribution in [1.29, 1.82) is 0 Å². The van der Waals surface area contributed by atoms with Crippen LogP contribution in [0.2, 0.25) is 0 Å². The molecule has 2 rings (SSSR count). The molecule has 0 aromatic heterocycles. The predicted molar refractivity (Wildman–Crippen MR) is 110 cm³/mol. The molecule has 0 atom stereocenters. The molecular weight excluding hydrogens is 378 g/mol. The number of amides is 2. The first kappa shape index (κ1) is 21.2. The van der Waals surface area contributed by atoms with Crippen LogP contribution in [0.5, 0.6) is 11.5 Å². The lowest BCUT2D eigenvalue weighted by Crippen LogP contribution is -2.50. The van der Waals surface area contributed by atoms with Crippen molar-refractivity contribution in [2.75, 3.05) is 13.2 Å². The van der Waals surface area contributed by atoms with Gasteiger partial charge in [-0.15, -0.1) is 0 Å². The molecule has 0 aliphatic heterocycles. The van der Waals surface area contributed by atoms with Crippen LogP contribution < -0.4 is 25.6 Å². The van der Waals surface area contributed by atoms with Gasteiger partial charge in [0.1, 0.15) is 11.5 Å². The Hall–Kier alpha value is -3.13. The maximum absolute atomic E-state index is 11.8. The van der Waals surface area contributed by atoms with E-state index in [0.29, 0.717) is 11.5 Å². The van der Waals surface area contributed by atoms with Crippen molar-refractivity contribution in [3.63, 3.8) is 0 Å². The van der Waals surface area contributed by atoms with Gasteiger partial charge >= 0.3 is 0 Å². The summed E-state index contributed by atoms with van der Waals surface area (Å²) in [4.78, 5) is 23.6. The summed E-state index contributed by atoms with van der Waals surface area (Å²) in [6.45, 7) is 3.60. The second kappa shape index (κ2) is 10.9. The summed E-state index contributed by atoms with van der Waals surface area (Å²) in [7, 11) is 0. The first-order chi connectivity index (χ1) is 13.5. The molecular formula is C20H23N3O4S. The number of thiocarbonyl (C=S) groups is 1. The maximum Gasteiger partial charge on any atom is 0.276 e. The van der Waals surface area contributed by atoms with E-state index in [1.165, 1.54) is 5.56 Å². The van der Waals surface area contributed by atoms with E-state index in [9.17, 15) is 9.59 Å². The summed E-state index contributed by atoms with van der Waals surface area (Å²) in [5.41, 5.74) is 7.00. The smallest absolute Gasteiger partial charge is 0.276 e. The minimum absolute atomic E-state index is 0.0427. The minimum Gasteiger partial charge on any atom is -0.484 e. The minimum atomic E-state index is -0.442. The lowest BCUT2D eigenvalue weighted by Gasteiger charge is -2.12. The lowest BCUT2D eigenvalue weighted by molar-refractivity contribution is -0.124. The maximum atomic E-state index is 11.8. The summed E-state index contributed by atoms with van der Waals surface area (Å²) in [5, 5.41) is 2.37. The molecule has 2 aromatic carbocycles. The Bertz CT molecular complexity index is 824. The molecule has 0 aliphatic rings. The van der Waals surface area contributed by atoms with Gasteiger partial charge in [-0.05, 0) is 61.0 Å². The van der Waals surface area contributed by atoms with Gasteiger partial charge in [-0.3, -0.25) is 25.8 Å². The number of ether oxygens (including phenoxy) is 2. The molecule has 0 spiro atoms. The van der Waals surface area contributed by atoms with Crippen molar-refractivity contribution < 1.29 is 19.1 Å². The first-order valence-corrected chi connectivity index (χ1v) is 9.17. The molecule has 0 bridgehead atoms. The van der Waals surface area contributed by atoms with Gasteiger partial charge in [0.2, 0.25) is 0 Å². The van der Waals surface area contributed by atoms with Crippen molar-refractivity contribution in [3.8, 4) is 11.5 Å². The SMILES string of the molecule is CCc1ccc(OCC(=O)NC(=S)NNC(=O)COc2cccc(C)c2)cc1. The Morgan fingerprint density at radius 3 is 2.29 bits per heavy atom. The summed E-state index contributed by atoms with van der Waals surface area (Å²) < 4.78 is 10.7. The van der Waals surface area contributed by atoms with E-state index in [-0.39, 0.29) is 18.3 Å². The average Bonchev–Trinajstić information content (AvgIpc) is 2.69. The van der Waals surface area contributed by atoms with E-state index >= 15 is 0 Å². The van der Waals surface area contributed by atoms with Crippen molar-refractivity contribution in [2.45, 2.75) is 20.3 Å². The fraction of sp³-hybridized carbons (Fsp3) is 0.250. The molecule has 8 heteroatoms. The van der Waals surface area contributed by atoms with Crippen molar-refractivity contribution in [2.24, 2.45) is 0 Å². The fourth-order valence-electron chi connectivity index (χ4n) is 2.18. The summed E-state index contributed by atoms with van der Waals surface area (Å²) in [6, 6.07) is 14.8. The standard InChI is InChI=1S/C20H23N3O4S/c1-3-15-7-9-16(10-8-15)26-12-18(24)21-20(28)23-22-19(25)13-27-17-6-4-5-14(2)11-17/h4-11H,3,12-13H2,1-2H3,(H,22,25)(H2,21,23,24,28). The van der Waals surface area contributed by atoms with Crippen LogP contribution >= 0.6 is 12.2 Å². The molecule has 0 aliphatic carbocycles. The van der Waals surface area contributed by atoms with Gasteiger partial charge in [0.15, 0.2) is 18.3 Å². The van der Waals surface area contributed by atoms with Crippen LogP contribution in [0.4, 0.5) is 0 Å². The Labute approximate surface area is 169 Å². The van der Waals surface area contributed by atoms with Gasteiger partial charge in [-0.25, -0.2) is 0 Å².